The zero-order valence-electron chi connectivity index (χ0n) is 17.4. The molecule has 0 aliphatic carbocycles. The largest absolute Gasteiger partial charge is 0.493 e. The van der Waals surface area contributed by atoms with Crippen LogP contribution in [-0.4, -0.2) is 41.5 Å². The van der Waals surface area contributed by atoms with E-state index >= 15 is 0 Å². The highest BCUT2D eigenvalue weighted by Gasteiger charge is 2.33. The summed E-state index contributed by atoms with van der Waals surface area (Å²) in [6, 6.07) is 5.93. The highest BCUT2D eigenvalue weighted by Crippen LogP contribution is 2.39. The third-order valence-corrected chi connectivity index (χ3v) is 6.76. The lowest BCUT2D eigenvalue weighted by Crippen LogP contribution is -2.30. The maximum absolute atomic E-state index is 13.5. The molecule has 0 saturated carbocycles. The van der Waals surface area contributed by atoms with Crippen LogP contribution < -0.4 is 9.47 Å². The average molecular weight is 412 g/mol. The lowest BCUT2D eigenvalue weighted by molar-refractivity contribution is 0.0740. The van der Waals surface area contributed by atoms with Crippen LogP contribution in [0.2, 0.25) is 0 Å². The molecule has 1 unspecified atom stereocenters. The summed E-state index contributed by atoms with van der Waals surface area (Å²) in [6.07, 6.45) is 1.91. The Morgan fingerprint density at radius 3 is 2.62 bits per heavy atom. The molecule has 1 aromatic carbocycles. The number of amides is 1. The molecule has 0 N–H and O–H groups in total. The van der Waals surface area contributed by atoms with Crippen molar-refractivity contribution in [2.45, 2.75) is 39.7 Å². The first-order valence-corrected chi connectivity index (χ1v) is 10.5. The fourth-order valence-electron chi connectivity index (χ4n) is 4.22. The summed E-state index contributed by atoms with van der Waals surface area (Å²) >= 11 is 1.47. The molecule has 3 aromatic rings. The normalized spacial score (nSPS) is 16.4. The number of carbonyl (C=O) groups is 1. The Bertz CT molecular complexity index is 1090. The smallest absolute Gasteiger partial charge is 0.264 e. The SMILES string of the molecule is COc1ccc(C2CCCN2C(=O)c2sc3nc(C)nc(C)c3c2C)cc1OC. The fourth-order valence-corrected chi connectivity index (χ4v) is 5.46. The van der Waals surface area contributed by atoms with Gasteiger partial charge in [-0.1, -0.05) is 6.07 Å². The molecule has 1 aliphatic rings. The first-order valence-electron chi connectivity index (χ1n) is 9.71. The lowest BCUT2D eigenvalue weighted by Gasteiger charge is -2.25. The van der Waals surface area contributed by atoms with Crippen LogP contribution in [0, 0.1) is 20.8 Å². The molecular weight excluding hydrogens is 386 g/mol. The molecule has 0 bridgehead atoms. The van der Waals surface area contributed by atoms with Crippen LogP contribution in [0.4, 0.5) is 0 Å². The molecule has 3 heterocycles. The van der Waals surface area contributed by atoms with Gasteiger partial charge >= 0.3 is 0 Å². The number of methoxy groups -OCH3 is 2. The summed E-state index contributed by atoms with van der Waals surface area (Å²) in [7, 11) is 3.25. The first kappa shape index (κ1) is 19.6. The molecule has 1 aliphatic heterocycles. The van der Waals surface area contributed by atoms with Gasteiger partial charge in [0.15, 0.2) is 11.5 Å². The highest BCUT2D eigenvalue weighted by molar-refractivity contribution is 7.20. The molecule has 29 heavy (non-hydrogen) atoms. The quantitative estimate of drug-likeness (QED) is 0.627. The number of aromatic nitrogens is 2. The minimum Gasteiger partial charge on any atom is -0.493 e. The van der Waals surface area contributed by atoms with Gasteiger partial charge < -0.3 is 14.4 Å². The molecule has 1 fully saturated rings. The second-order valence-electron chi connectivity index (χ2n) is 7.36. The number of ether oxygens (including phenoxy) is 2. The summed E-state index contributed by atoms with van der Waals surface area (Å²) in [4.78, 5) is 26.2. The second-order valence-corrected chi connectivity index (χ2v) is 8.36. The maximum Gasteiger partial charge on any atom is 0.264 e. The van der Waals surface area contributed by atoms with Crippen LogP contribution in [-0.2, 0) is 0 Å². The Hall–Kier alpha value is -2.67. The maximum atomic E-state index is 13.5. The average Bonchev–Trinajstić information content (AvgIpc) is 3.31. The van der Waals surface area contributed by atoms with Gasteiger partial charge in [-0.15, -0.1) is 11.3 Å². The predicted molar refractivity (Wildman–Crippen MR) is 114 cm³/mol. The molecule has 7 heteroatoms. The number of aryl methyl sites for hydroxylation is 3. The molecule has 1 amide bonds. The van der Waals surface area contributed by atoms with E-state index in [1.165, 1.54) is 11.3 Å². The van der Waals surface area contributed by atoms with Gasteiger partial charge in [0.1, 0.15) is 10.7 Å². The van der Waals surface area contributed by atoms with E-state index in [0.717, 1.165) is 57.1 Å². The minimum atomic E-state index is 0.0286. The Balaban J connectivity index is 1.71. The van der Waals surface area contributed by atoms with E-state index in [1.807, 2.05) is 43.9 Å². The van der Waals surface area contributed by atoms with E-state index in [2.05, 4.69) is 9.97 Å². The molecule has 4 rings (SSSR count). The number of likely N-dealkylation sites (tertiary alicyclic amines) is 1. The van der Waals surface area contributed by atoms with Crippen LogP contribution in [0.1, 0.15) is 51.2 Å². The molecule has 0 radical (unpaired) electrons. The van der Waals surface area contributed by atoms with Gasteiger partial charge in [0.25, 0.3) is 5.91 Å². The molecule has 0 spiro atoms. The van der Waals surface area contributed by atoms with Crippen molar-refractivity contribution in [3.05, 3.63) is 45.7 Å². The zero-order valence-corrected chi connectivity index (χ0v) is 18.2. The van der Waals surface area contributed by atoms with E-state index in [0.29, 0.717) is 11.5 Å². The number of fused-ring (bicyclic) bond motifs is 1. The Kier molecular flexibility index (Phi) is 5.17. The third kappa shape index (κ3) is 3.33. The van der Waals surface area contributed by atoms with Crippen molar-refractivity contribution >= 4 is 27.5 Å². The summed E-state index contributed by atoms with van der Waals surface area (Å²) in [6.45, 7) is 6.61. The van der Waals surface area contributed by atoms with Crippen molar-refractivity contribution < 1.29 is 14.3 Å². The summed E-state index contributed by atoms with van der Waals surface area (Å²) < 4.78 is 10.8. The molecule has 1 saturated heterocycles. The molecule has 152 valence electrons. The van der Waals surface area contributed by atoms with Crippen molar-refractivity contribution in [1.82, 2.24) is 14.9 Å². The fraction of sp³-hybridized carbons (Fsp3) is 0.409. The number of carbonyl (C=O) groups excluding carboxylic acids is 1. The first-order chi connectivity index (χ1) is 13.9. The Morgan fingerprint density at radius 1 is 1.14 bits per heavy atom. The van der Waals surface area contributed by atoms with E-state index in [9.17, 15) is 4.79 Å². The number of rotatable bonds is 4. The monoisotopic (exact) mass is 411 g/mol. The van der Waals surface area contributed by atoms with Gasteiger partial charge in [-0.2, -0.15) is 0 Å². The topological polar surface area (TPSA) is 64.5 Å². The van der Waals surface area contributed by atoms with Crippen molar-refractivity contribution in [3.8, 4) is 11.5 Å². The Morgan fingerprint density at radius 2 is 1.90 bits per heavy atom. The van der Waals surface area contributed by atoms with Crippen molar-refractivity contribution in [2.75, 3.05) is 20.8 Å². The van der Waals surface area contributed by atoms with Crippen molar-refractivity contribution in [1.29, 1.82) is 0 Å². The van der Waals surface area contributed by atoms with E-state index in [-0.39, 0.29) is 11.9 Å². The summed E-state index contributed by atoms with van der Waals surface area (Å²) in [5, 5.41) is 1.01. The number of thiophene rings is 1. The molecular formula is C22H25N3O3S. The Labute approximate surface area is 174 Å². The second kappa shape index (κ2) is 7.63. The minimum absolute atomic E-state index is 0.0286. The van der Waals surface area contributed by atoms with Gasteiger partial charge in [-0.25, -0.2) is 9.97 Å². The van der Waals surface area contributed by atoms with E-state index < -0.39 is 0 Å². The number of hydrogen-bond acceptors (Lipinski definition) is 6. The van der Waals surface area contributed by atoms with Gasteiger partial charge in [-0.3, -0.25) is 4.79 Å². The van der Waals surface area contributed by atoms with Gasteiger partial charge in [0.05, 0.1) is 25.1 Å². The van der Waals surface area contributed by atoms with Crippen LogP contribution in [0.5, 0.6) is 11.5 Å². The van der Waals surface area contributed by atoms with Gasteiger partial charge in [-0.05, 0) is 56.9 Å². The standard InChI is InChI=1S/C22H25N3O3S/c1-12-19-13(2)23-14(3)24-21(19)29-20(12)22(26)25-10-6-7-16(25)15-8-9-17(27-4)18(11-15)28-5/h8-9,11,16H,6-7,10H2,1-5H3. The number of nitrogens with zero attached hydrogens (tertiary/aromatic N) is 3. The summed E-state index contributed by atoms with van der Waals surface area (Å²) in [5.74, 6) is 2.18. The van der Waals surface area contributed by atoms with Gasteiger partial charge in [0.2, 0.25) is 0 Å². The zero-order chi connectivity index (χ0) is 20.7. The predicted octanol–water partition coefficient (Wildman–Crippen LogP) is 4.61. The van der Waals surface area contributed by atoms with Crippen LogP contribution in [0.3, 0.4) is 0 Å². The number of benzene rings is 1. The van der Waals surface area contributed by atoms with Crippen molar-refractivity contribution in [2.24, 2.45) is 0 Å². The van der Waals surface area contributed by atoms with E-state index in [1.54, 1.807) is 14.2 Å². The molecule has 1 atom stereocenters. The number of hydrogen-bond donors (Lipinski definition) is 0. The molecule has 6 nitrogen and oxygen atoms in total. The van der Waals surface area contributed by atoms with E-state index in [4.69, 9.17) is 9.47 Å². The lowest BCUT2D eigenvalue weighted by atomic mass is 10.0. The van der Waals surface area contributed by atoms with Crippen molar-refractivity contribution in [3.63, 3.8) is 0 Å². The summed E-state index contributed by atoms with van der Waals surface area (Å²) in [5.41, 5.74) is 2.97. The third-order valence-electron chi connectivity index (χ3n) is 5.58. The van der Waals surface area contributed by atoms with Crippen LogP contribution >= 0.6 is 11.3 Å². The van der Waals surface area contributed by atoms with Crippen LogP contribution in [0.15, 0.2) is 18.2 Å². The highest BCUT2D eigenvalue weighted by atomic mass is 32.1. The molecule has 2 aromatic heterocycles. The van der Waals surface area contributed by atoms with Gasteiger partial charge in [0, 0.05) is 17.6 Å². The van der Waals surface area contributed by atoms with Crippen LogP contribution in [0.25, 0.3) is 10.2 Å².